The highest BCUT2D eigenvalue weighted by Gasteiger charge is 2.26. The molecule has 0 heterocycles. The van der Waals surface area contributed by atoms with Gasteiger partial charge in [0, 0.05) is 19.7 Å². The van der Waals surface area contributed by atoms with Gasteiger partial charge in [-0.3, -0.25) is 0 Å². The summed E-state index contributed by atoms with van der Waals surface area (Å²) in [6.07, 6.45) is 0. The van der Waals surface area contributed by atoms with Crippen molar-refractivity contribution in [3.8, 4) is 0 Å². The molecule has 0 bridgehead atoms. The van der Waals surface area contributed by atoms with Gasteiger partial charge in [0.1, 0.15) is 11.3 Å². The van der Waals surface area contributed by atoms with Gasteiger partial charge < -0.3 is 9.66 Å². The third-order valence-electron chi connectivity index (χ3n) is 3.35. The maximum absolute atomic E-state index is 12.5. The number of hydrogen-bond acceptors (Lipinski definition) is 4. The fourth-order valence-corrected chi connectivity index (χ4v) is 4.24. The number of rotatable bonds is 6. The van der Waals surface area contributed by atoms with Gasteiger partial charge in [0.05, 0.1) is 4.90 Å². The standard InChI is InChI=1S/C16H17NO5S2/c1-17(2)24(21,22)13-8-9-15(14(10-13)16(18)19)23(20)11-12-6-4-3-5-7-12/h3-10H,11H2,1-2H3,(H,18,19). The number of sulfonamides is 1. The molecular formula is C16H17NO5S2. The molecule has 2 aromatic rings. The summed E-state index contributed by atoms with van der Waals surface area (Å²) in [5, 5.41) is 9.37. The Morgan fingerprint density at radius 3 is 2.33 bits per heavy atom. The topological polar surface area (TPSA) is 97.7 Å². The third-order valence-corrected chi connectivity index (χ3v) is 6.60. The van der Waals surface area contributed by atoms with E-state index in [1.165, 1.54) is 26.2 Å². The summed E-state index contributed by atoms with van der Waals surface area (Å²) in [5.74, 6) is -1.16. The molecule has 6 nitrogen and oxygen atoms in total. The van der Waals surface area contributed by atoms with E-state index in [0.717, 1.165) is 15.9 Å². The maximum atomic E-state index is 12.5. The largest absolute Gasteiger partial charge is 0.611 e. The zero-order valence-corrected chi connectivity index (χ0v) is 14.8. The van der Waals surface area contributed by atoms with Crippen molar-refractivity contribution in [2.45, 2.75) is 15.5 Å². The first-order valence-electron chi connectivity index (χ1n) is 6.95. The number of carboxylic acid groups (broad SMARTS) is 1. The molecule has 0 fully saturated rings. The first-order chi connectivity index (χ1) is 11.2. The van der Waals surface area contributed by atoms with Gasteiger partial charge in [-0.15, -0.1) is 0 Å². The first kappa shape index (κ1) is 18.5. The second-order valence-electron chi connectivity index (χ2n) is 5.23. The molecule has 0 radical (unpaired) electrons. The predicted molar refractivity (Wildman–Crippen MR) is 90.8 cm³/mol. The van der Waals surface area contributed by atoms with Crippen LogP contribution in [-0.4, -0.2) is 42.4 Å². The highest BCUT2D eigenvalue weighted by molar-refractivity contribution is 7.90. The Hall–Kier alpha value is -1.87. The molecule has 2 rings (SSSR count). The van der Waals surface area contributed by atoms with Crippen molar-refractivity contribution in [2.75, 3.05) is 14.1 Å². The summed E-state index contributed by atoms with van der Waals surface area (Å²) >= 11 is -1.60. The number of carboxylic acids is 1. The second-order valence-corrected chi connectivity index (χ2v) is 8.80. The van der Waals surface area contributed by atoms with Crippen molar-refractivity contribution >= 4 is 27.2 Å². The lowest BCUT2D eigenvalue weighted by Gasteiger charge is -2.15. The van der Waals surface area contributed by atoms with Crippen molar-refractivity contribution < 1.29 is 22.9 Å². The molecule has 0 amide bonds. The molecule has 0 aliphatic rings. The summed E-state index contributed by atoms with van der Waals surface area (Å²) in [5.41, 5.74) is 0.532. The maximum Gasteiger partial charge on any atom is 0.340 e. The van der Waals surface area contributed by atoms with Crippen LogP contribution in [0, 0.1) is 0 Å². The Balaban J connectivity index is 2.42. The van der Waals surface area contributed by atoms with E-state index in [1.54, 1.807) is 24.3 Å². The van der Waals surface area contributed by atoms with Gasteiger partial charge in [-0.2, -0.15) is 0 Å². The average molecular weight is 367 g/mol. The SMILES string of the molecule is CN(C)S(=O)(=O)c1ccc([S+]([O-])Cc2ccccc2)c(C(=O)O)c1. The van der Waals surface area contributed by atoms with Gasteiger partial charge >= 0.3 is 5.97 Å². The summed E-state index contributed by atoms with van der Waals surface area (Å²) < 4.78 is 37.8. The second kappa shape index (κ2) is 7.35. The van der Waals surface area contributed by atoms with Gasteiger partial charge in [-0.1, -0.05) is 30.3 Å². The van der Waals surface area contributed by atoms with E-state index < -0.39 is 27.2 Å². The van der Waals surface area contributed by atoms with Crippen molar-refractivity contribution in [1.82, 2.24) is 4.31 Å². The van der Waals surface area contributed by atoms with Crippen LogP contribution in [0.2, 0.25) is 0 Å². The van der Waals surface area contributed by atoms with E-state index in [1.807, 2.05) is 6.07 Å². The minimum absolute atomic E-state index is 0.101. The van der Waals surface area contributed by atoms with Crippen LogP contribution in [0.3, 0.4) is 0 Å². The lowest BCUT2D eigenvalue weighted by molar-refractivity contribution is 0.0692. The fourth-order valence-electron chi connectivity index (χ4n) is 2.05. The van der Waals surface area contributed by atoms with E-state index in [-0.39, 0.29) is 21.1 Å². The molecule has 0 aromatic heterocycles. The van der Waals surface area contributed by atoms with Gasteiger partial charge in [-0.25, -0.2) is 17.5 Å². The molecule has 8 heteroatoms. The number of nitrogens with zero attached hydrogens (tertiary/aromatic N) is 1. The number of carbonyl (C=O) groups is 1. The Labute approximate surface area is 144 Å². The lowest BCUT2D eigenvalue weighted by Crippen LogP contribution is -2.23. The van der Waals surface area contributed by atoms with Crippen molar-refractivity contribution in [2.24, 2.45) is 0 Å². The summed E-state index contributed by atoms with van der Waals surface area (Å²) in [6, 6.07) is 12.7. The van der Waals surface area contributed by atoms with Crippen LogP contribution in [-0.2, 0) is 27.0 Å². The Bertz CT molecular complexity index is 835. The molecule has 0 spiro atoms. The average Bonchev–Trinajstić information content (AvgIpc) is 2.54. The third kappa shape index (κ3) is 3.96. The fraction of sp³-hybridized carbons (Fsp3) is 0.188. The Morgan fingerprint density at radius 1 is 1.17 bits per heavy atom. The predicted octanol–water partition coefficient (Wildman–Crippen LogP) is 1.94. The zero-order valence-electron chi connectivity index (χ0n) is 13.2. The molecule has 1 unspecified atom stereocenters. The highest BCUT2D eigenvalue weighted by Crippen LogP contribution is 2.25. The van der Waals surface area contributed by atoms with Crippen LogP contribution in [0.25, 0.3) is 0 Å². The molecule has 1 N–H and O–H groups in total. The van der Waals surface area contributed by atoms with Crippen LogP contribution >= 0.6 is 0 Å². The minimum atomic E-state index is -3.76. The van der Waals surface area contributed by atoms with E-state index in [2.05, 4.69) is 0 Å². The monoisotopic (exact) mass is 367 g/mol. The van der Waals surface area contributed by atoms with Gasteiger partial charge in [0.15, 0.2) is 4.90 Å². The summed E-state index contributed by atoms with van der Waals surface area (Å²) in [6.45, 7) is 0. The van der Waals surface area contributed by atoms with E-state index in [9.17, 15) is 22.9 Å². The van der Waals surface area contributed by atoms with Crippen LogP contribution < -0.4 is 0 Å². The smallest absolute Gasteiger partial charge is 0.340 e. The Morgan fingerprint density at radius 2 is 1.79 bits per heavy atom. The van der Waals surface area contributed by atoms with Crippen LogP contribution in [0.4, 0.5) is 0 Å². The highest BCUT2D eigenvalue weighted by atomic mass is 32.2. The normalized spacial score (nSPS) is 13.0. The number of benzene rings is 2. The van der Waals surface area contributed by atoms with Crippen LogP contribution in [0.5, 0.6) is 0 Å². The molecule has 0 saturated heterocycles. The van der Waals surface area contributed by atoms with Crippen LogP contribution in [0.1, 0.15) is 15.9 Å². The summed E-state index contributed by atoms with van der Waals surface area (Å²) in [4.78, 5) is 11.4. The molecule has 2 aromatic carbocycles. The van der Waals surface area contributed by atoms with Gasteiger partial charge in [-0.05, 0) is 29.4 Å². The molecule has 1 atom stereocenters. The lowest BCUT2D eigenvalue weighted by atomic mass is 10.2. The molecule has 0 aliphatic heterocycles. The van der Waals surface area contributed by atoms with E-state index in [0.29, 0.717) is 0 Å². The van der Waals surface area contributed by atoms with Gasteiger partial charge in [0.2, 0.25) is 10.0 Å². The first-order valence-corrected chi connectivity index (χ1v) is 9.71. The molecule has 0 aliphatic carbocycles. The van der Waals surface area contributed by atoms with Gasteiger partial charge in [0.25, 0.3) is 0 Å². The molecule has 0 saturated carbocycles. The number of aromatic carboxylic acids is 1. The van der Waals surface area contributed by atoms with Crippen molar-refractivity contribution in [3.05, 3.63) is 59.7 Å². The molecule has 24 heavy (non-hydrogen) atoms. The van der Waals surface area contributed by atoms with E-state index in [4.69, 9.17) is 0 Å². The zero-order chi connectivity index (χ0) is 17.9. The quantitative estimate of drug-likeness (QED) is 0.787. The minimum Gasteiger partial charge on any atom is -0.611 e. The van der Waals surface area contributed by atoms with E-state index >= 15 is 0 Å². The van der Waals surface area contributed by atoms with Crippen molar-refractivity contribution in [3.63, 3.8) is 0 Å². The Kier molecular flexibility index (Phi) is 5.66. The number of hydrogen-bond donors (Lipinski definition) is 1. The van der Waals surface area contributed by atoms with Crippen molar-refractivity contribution in [1.29, 1.82) is 0 Å². The summed E-state index contributed by atoms with van der Waals surface area (Å²) in [7, 11) is -1.05. The molecular weight excluding hydrogens is 350 g/mol. The van der Waals surface area contributed by atoms with Crippen LogP contribution in [0.15, 0.2) is 58.3 Å². The molecule has 128 valence electrons.